The van der Waals surface area contributed by atoms with Crippen LogP contribution in [0, 0.1) is 11.6 Å². The molecule has 160 valence electrons. The summed E-state index contributed by atoms with van der Waals surface area (Å²) in [5.74, 6) is -2.57. The van der Waals surface area contributed by atoms with Crippen molar-refractivity contribution in [2.45, 2.75) is 45.9 Å². The van der Waals surface area contributed by atoms with Crippen LogP contribution in [0.3, 0.4) is 0 Å². The van der Waals surface area contributed by atoms with E-state index in [0.29, 0.717) is 35.5 Å². The van der Waals surface area contributed by atoms with Gasteiger partial charge in [0.25, 0.3) is 0 Å². The average molecular weight is 441 g/mol. The quantitative estimate of drug-likeness (QED) is 0.362. The average Bonchev–Trinajstić information content (AvgIpc) is 3.12. The number of benzene rings is 2. The standard InChI is InChI=1S/C22H20F5NOS/c1-3-5-14-10-17(23)20(18(24)11-14)29-12-16-19(28-30-21(16)22(25,26)27)15-8-6-13(4-2)7-9-15/h6-11H,3-5,12H2,1-2H3. The van der Waals surface area contributed by atoms with Gasteiger partial charge < -0.3 is 4.74 Å². The molecule has 0 aliphatic rings. The molecule has 8 heteroatoms. The Morgan fingerprint density at radius 3 is 2.13 bits per heavy atom. The van der Waals surface area contributed by atoms with Crippen molar-refractivity contribution in [3.8, 4) is 17.0 Å². The molecule has 30 heavy (non-hydrogen) atoms. The summed E-state index contributed by atoms with van der Waals surface area (Å²) in [6.45, 7) is 3.18. The Bertz CT molecular complexity index is 988. The monoisotopic (exact) mass is 441 g/mol. The fourth-order valence-corrected chi connectivity index (χ4v) is 3.89. The molecular formula is C22H20F5NOS. The van der Waals surface area contributed by atoms with Crippen molar-refractivity contribution in [2.24, 2.45) is 0 Å². The zero-order valence-electron chi connectivity index (χ0n) is 16.4. The SMILES string of the molecule is CCCc1cc(F)c(OCc2c(-c3ccc(CC)cc3)nsc2C(F)(F)F)c(F)c1. The highest BCUT2D eigenvalue weighted by Crippen LogP contribution is 2.40. The highest BCUT2D eigenvalue weighted by molar-refractivity contribution is 7.06. The maximum Gasteiger partial charge on any atom is 0.427 e. The first kappa shape index (κ1) is 22.2. The van der Waals surface area contributed by atoms with Crippen molar-refractivity contribution in [1.29, 1.82) is 0 Å². The fraction of sp³-hybridized carbons (Fsp3) is 0.318. The minimum atomic E-state index is -4.65. The zero-order valence-corrected chi connectivity index (χ0v) is 17.3. The summed E-state index contributed by atoms with van der Waals surface area (Å²) in [4.78, 5) is -0.944. The molecule has 0 unspecified atom stereocenters. The lowest BCUT2D eigenvalue weighted by molar-refractivity contribution is -0.135. The van der Waals surface area contributed by atoms with E-state index in [1.54, 1.807) is 24.3 Å². The first-order valence-electron chi connectivity index (χ1n) is 9.50. The number of nitrogens with zero attached hydrogens (tertiary/aromatic N) is 1. The van der Waals surface area contributed by atoms with Gasteiger partial charge in [0, 0.05) is 11.1 Å². The Balaban J connectivity index is 1.95. The molecule has 2 aromatic carbocycles. The number of aromatic nitrogens is 1. The third-order valence-electron chi connectivity index (χ3n) is 4.64. The number of halogens is 5. The molecule has 0 amide bonds. The molecule has 3 aromatic rings. The molecule has 0 fully saturated rings. The molecule has 1 heterocycles. The first-order valence-corrected chi connectivity index (χ1v) is 10.3. The number of rotatable bonds is 7. The van der Waals surface area contributed by atoms with Gasteiger partial charge in [0.2, 0.25) is 0 Å². The van der Waals surface area contributed by atoms with Crippen LogP contribution >= 0.6 is 11.5 Å². The first-order chi connectivity index (χ1) is 14.2. The summed E-state index contributed by atoms with van der Waals surface area (Å²) in [5, 5.41) is 0. The molecule has 0 spiro atoms. The maximum absolute atomic E-state index is 14.3. The third kappa shape index (κ3) is 4.80. The van der Waals surface area contributed by atoms with Gasteiger partial charge in [-0.05, 0) is 47.6 Å². The van der Waals surface area contributed by atoms with Gasteiger partial charge in [-0.2, -0.15) is 17.5 Å². The van der Waals surface area contributed by atoms with Crippen LogP contribution in [0.2, 0.25) is 0 Å². The van der Waals surface area contributed by atoms with Gasteiger partial charge in [0.05, 0.1) is 5.69 Å². The summed E-state index contributed by atoms with van der Waals surface area (Å²) < 4.78 is 78.2. The minimum absolute atomic E-state index is 0.0957. The van der Waals surface area contributed by atoms with E-state index in [0.717, 1.165) is 24.1 Å². The predicted molar refractivity (Wildman–Crippen MR) is 107 cm³/mol. The van der Waals surface area contributed by atoms with Crippen LogP contribution < -0.4 is 4.74 Å². The van der Waals surface area contributed by atoms with Crippen molar-refractivity contribution < 1.29 is 26.7 Å². The van der Waals surface area contributed by atoms with Crippen molar-refractivity contribution in [2.75, 3.05) is 0 Å². The van der Waals surface area contributed by atoms with Gasteiger partial charge >= 0.3 is 6.18 Å². The molecular weight excluding hydrogens is 421 g/mol. The van der Waals surface area contributed by atoms with E-state index in [1.165, 1.54) is 0 Å². The van der Waals surface area contributed by atoms with Crippen LogP contribution in [-0.4, -0.2) is 4.37 Å². The van der Waals surface area contributed by atoms with Crippen molar-refractivity contribution >= 4 is 11.5 Å². The van der Waals surface area contributed by atoms with Gasteiger partial charge in [-0.25, -0.2) is 8.78 Å². The zero-order chi connectivity index (χ0) is 21.9. The summed E-state index contributed by atoms with van der Waals surface area (Å²) >= 11 is 0.298. The lowest BCUT2D eigenvalue weighted by atomic mass is 10.0. The van der Waals surface area contributed by atoms with E-state index >= 15 is 0 Å². The van der Waals surface area contributed by atoms with E-state index in [-0.39, 0.29) is 11.3 Å². The molecule has 0 saturated carbocycles. The second-order valence-corrected chi connectivity index (χ2v) is 7.59. The molecule has 0 radical (unpaired) electrons. The smallest absolute Gasteiger partial charge is 0.427 e. The molecule has 0 N–H and O–H groups in total. The molecule has 0 saturated heterocycles. The second-order valence-electron chi connectivity index (χ2n) is 6.81. The van der Waals surface area contributed by atoms with E-state index < -0.39 is 35.0 Å². The van der Waals surface area contributed by atoms with Crippen molar-refractivity contribution in [1.82, 2.24) is 4.37 Å². The van der Waals surface area contributed by atoms with Gasteiger partial charge in [0.1, 0.15) is 11.5 Å². The number of ether oxygens (including phenoxy) is 1. The van der Waals surface area contributed by atoms with Crippen LogP contribution in [0.4, 0.5) is 22.0 Å². The molecule has 3 rings (SSSR count). The molecule has 1 aromatic heterocycles. The van der Waals surface area contributed by atoms with Crippen molar-refractivity contribution in [3.05, 3.63) is 69.6 Å². The lowest BCUT2D eigenvalue weighted by Crippen LogP contribution is -2.09. The highest BCUT2D eigenvalue weighted by Gasteiger charge is 2.38. The Morgan fingerprint density at radius 2 is 1.60 bits per heavy atom. The Kier molecular flexibility index (Phi) is 6.75. The molecule has 0 aliphatic heterocycles. The Labute approximate surface area is 175 Å². The van der Waals surface area contributed by atoms with E-state index in [2.05, 4.69) is 4.37 Å². The highest BCUT2D eigenvalue weighted by atomic mass is 32.1. The van der Waals surface area contributed by atoms with E-state index in [9.17, 15) is 22.0 Å². The maximum atomic E-state index is 14.3. The fourth-order valence-electron chi connectivity index (χ4n) is 3.12. The summed E-state index contributed by atoms with van der Waals surface area (Å²) in [6, 6.07) is 9.25. The predicted octanol–water partition coefficient (Wildman–Crippen LogP) is 7.20. The summed E-state index contributed by atoms with van der Waals surface area (Å²) in [7, 11) is 0. The molecule has 0 bridgehead atoms. The largest absolute Gasteiger partial charge is 0.483 e. The van der Waals surface area contributed by atoms with Crippen LogP contribution in [0.15, 0.2) is 36.4 Å². The van der Waals surface area contributed by atoms with Crippen LogP contribution in [0.25, 0.3) is 11.3 Å². The van der Waals surface area contributed by atoms with Crippen LogP contribution in [0.5, 0.6) is 5.75 Å². The summed E-state index contributed by atoms with van der Waals surface area (Å²) in [6.07, 6.45) is -2.68. The van der Waals surface area contributed by atoms with Crippen LogP contribution in [-0.2, 0) is 25.6 Å². The third-order valence-corrected chi connectivity index (χ3v) is 5.57. The Hall–Kier alpha value is -2.48. The summed E-state index contributed by atoms with van der Waals surface area (Å²) in [5.41, 5.74) is 1.83. The number of hydrogen-bond acceptors (Lipinski definition) is 3. The topological polar surface area (TPSA) is 22.1 Å². The van der Waals surface area contributed by atoms with E-state index in [4.69, 9.17) is 4.74 Å². The number of hydrogen-bond donors (Lipinski definition) is 0. The van der Waals surface area contributed by atoms with Crippen LogP contribution in [0.1, 0.15) is 41.8 Å². The Morgan fingerprint density at radius 1 is 0.967 bits per heavy atom. The second kappa shape index (κ2) is 9.12. The molecule has 2 nitrogen and oxygen atoms in total. The molecule has 0 atom stereocenters. The van der Waals surface area contributed by atoms with E-state index in [1.807, 2.05) is 13.8 Å². The van der Waals surface area contributed by atoms with Crippen molar-refractivity contribution in [3.63, 3.8) is 0 Å². The normalized spacial score (nSPS) is 11.7. The minimum Gasteiger partial charge on any atom is -0.483 e. The lowest BCUT2D eigenvalue weighted by Gasteiger charge is -2.13. The number of alkyl halides is 3. The van der Waals surface area contributed by atoms with Gasteiger partial charge in [0.15, 0.2) is 17.4 Å². The van der Waals surface area contributed by atoms with Gasteiger partial charge in [-0.3, -0.25) is 0 Å². The number of aryl methyl sites for hydroxylation is 2. The molecule has 0 aliphatic carbocycles. The van der Waals surface area contributed by atoms with Gasteiger partial charge in [-0.1, -0.05) is 44.5 Å². The van der Waals surface area contributed by atoms with Gasteiger partial charge in [-0.15, -0.1) is 0 Å².